The molecule has 1 atom stereocenters. The molecule has 3 N–H and O–H groups in total. The fraction of sp³-hybridized carbons (Fsp3) is 0.500. The van der Waals surface area contributed by atoms with E-state index in [0.29, 0.717) is 42.0 Å². The highest BCUT2D eigenvalue weighted by molar-refractivity contribution is 8.14. The molecule has 1 unspecified atom stereocenters. The summed E-state index contributed by atoms with van der Waals surface area (Å²) in [7, 11) is -3.56. The lowest BCUT2D eigenvalue weighted by Crippen LogP contribution is -2.51. The zero-order valence-electron chi connectivity index (χ0n) is 30.0. The number of nitrogens with zero attached hydrogens (tertiary/aromatic N) is 4. The molecular weight excluding hydrogens is 726 g/mol. The van der Waals surface area contributed by atoms with E-state index in [9.17, 15) is 13.2 Å². The number of carbonyl (C=O) groups excluding carboxylic acids is 1. The molecule has 2 aliphatic heterocycles. The third-order valence-corrected chi connectivity index (χ3v) is 13.0. The number of thioether (sulfide) groups is 1. The van der Waals surface area contributed by atoms with Gasteiger partial charge in [-0.25, -0.2) is 13.4 Å². The van der Waals surface area contributed by atoms with Crippen LogP contribution in [0.1, 0.15) is 64.5 Å². The molecule has 0 saturated carbocycles. The van der Waals surface area contributed by atoms with Crippen LogP contribution in [0.4, 0.5) is 27.9 Å². The van der Waals surface area contributed by atoms with E-state index in [0.717, 1.165) is 43.0 Å². The summed E-state index contributed by atoms with van der Waals surface area (Å²) in [6.07, 6.45) is 3.08. The minimum atomic E-state index is -3.56. The van der Waals surface area contributed by atoms with E-state index in [2.05, 4.69) is 50.7 Å². The van der Waals surface area contributed by atoms with E-state index in [4.69, 9.17) is 28.6 Å². The number of rotatable bonds is 11. The highest BCUT2D eigenvalue weighted by Gasteiger charge is 2.28. The third-order valence-electron chi connectivity index (χ3n) is 9.02. The van der Waals surface area contributed by atoms with Crippen LogP contribution in [-0.4, -0.2) is 94.3 Å². The number of nitrogens with one attached hydrogen (secondary N) is 3. The largest absolute Gasteiger partial charge is 0.489 e. The maximum absolute atomic E-state index is 13.1. The molecule has 1 amide bonds. The number of hydrogen-bond donors (Lipinski definition) is 3. The number of anilines is 4. The van der Waals surface area contributed by atoms with Crippen LogP contribution >= 0.6 is 35.6 Å². The lowest BCUT2D eigenvalue weighted by Gasteiger charge is -2.35. The maximum atomic E-state index is 13.1. The maximum Gasteiger partial charge on any atom is 0.282 e. The Morgan fingerprint density at radius 1 is 1.10 bits per heavy atom. The molecule has 0 aliphatic carbocycles. The average molecular weight is 774 g/mol. The molecule has 11 nitrogen and oxygen atoms in total. The van der Waals surface area contributed by atoms with Gasteiger partial charge < -0.3 is 30.5 Å². The Morgan fingerprint density at radius 2 is 1.82 bits per heavy atom. The summed E-state index contributed by atoms with van der Waals surface area (Å²) in [6.45, 7) is 15.5. The highest BCUT2D eigenvalue weighted by Crippen LogP contribution is 2.39. The van der Waals surface area contributed by atoms with Crippen molar-refractivity contribution in [1.29, 1.82) is 0 Å². The average Bonchev–Trinajstić information content (AvgIpc) is 3.09. The number of hydrogen-bond acceptors (Lipinski definition) is 11. The molecule has 2 fully saturated rings. The smallest absolute Gasteiger partial charge is 0.282 e. The lowest BCUT2D eigenvalue weighted by molar-refractivity contribution is 0.205. The lowest BCUT2D eigenvalue weighted by atomic mass is 9.86. The quantitative estimate of drug-likeness (QED) is 0.167. The van der Waals surface area contributed by atoms with Crippen LogP contribution in [0.25, 0.3) is 0 Å². The van der Waals surface area contributed by atoms with Gasteiger partial charge in [0.05, 0.1) is 44.6 Å². The number of piperidine rings is 1. The molecule has 1 aromatic heterocycles. The number of likely N-dealkylation sites (tertiary alicyclic amines) is 1. The Hall–Kier alpha value is -3.17. The summed E-state index contributed by atoms with van der Waals surface area (Å²) in [5, 5.41) is 9.56. The summed E-state index contributed by atoms with van der Waals surface area (Å²) in [5.41, 5.74) is 3.34. The van der Waals surface area contributed by atoms with Gasteiger partial charge in [-0.15, -0.1) is 0 Å². The van der Waals surface area contributed by atoms with Gasteiger partial charge in [0.2, 0.25) is 5.95 Å². The molecular formula is C36H48ClN7O4S3. The summed E-state index contributed by atoms with van der Waals surface area (Å²) in [6, 6.07) is 11.2. The Kier molecular flexibility index (Phi) is 13.1. The first-order valence-electron chi connectivity index (χ1n) is 17.4. The van der Waals surface area contributed by atoms with Crippen LogP contribution in [0.5, 0.6) is 5.75 Å². The van der Waals surface area contributed by atoms with Crippen molar-refractivity contribution < 1.29 is 17.9 Å². The van der Waals surface area contributed by atoms with Gasteiger partial charge >= 0.3 is 0 Å². The van der Waals surface area contributed by atoms with Crippen molar-refractivity contribution in [3.63, 3.8) is 0 Å². The van der Waals surface area contributed by atoms with E-state index in [-0.39, 0.29) is 38.9 Å². The first-order chi connectivity index (χ1) is 24.2. The van der Waals surface area contributed by atoms with Gasteiger partial charge in [-0.2, -0.15) is 4.98 Å². The Bertz CT molecular complexity index is 1840. The van der Waals surface area contributed by atoms with Crippen LogP contribution in [-0.2, 0) is 9.84 Å². The van der Waals surface area contributed by atoms with Gasteiger partial charge in [-0.05, 0) is 95.7 Å². The van der Waals surface area contributed by atoms with Crippen molar-refractivity contribution in [2.24, 2.45) is 0 Å². The number of thiocarbonyl (C=S) groups is 1. The number of halogens is 1. The first-order valence-corrected chi connectivity index (χ1v) is 20.7. The van der Waals surface area contributed by atoms with Gasteiger partial charge in [-0.3, -0.25) is 4.79 Å². The number of sulfone groups is 1. The van der Waals surface area contributed by atoms with E-state index in [1.54, 1.807) is 38.1 Å². The summed E-state index contributed by atoms with van der Waals surface area (Å²) >= 11 is 13.4. The molecule has 276 valence electrons. The number of para-hydroxylation sites is 1. The van der Waals surface area contributed by atoms with Crippen molar-refractivity contribution in [1.82, 2.24) is 25.1 Å². The number of carbonyl (C=O) groups is 1. The van der Waals surface area contributed by atoms with E-state index >= 15 is 0 Å². The van der Waals surface area contributed by atoms with E-state index < -0.39 is 15.1 Å². The molecule has 2 aromatic carbocycles. The fourth-order valence-corrected chi connectivity index (χ4v) is 8.74. The topological polar surface area (TPSA) is 129 Å². The van der Waals surface area contributed by atoms with Gasteiger partial charge in [0.25, 0.3) is 5.24 Å². The molecule has 0 radical (unpaired) electrons. The second kappa shape index (κ2) is 17.1. The number of aryl methyl sites for hydroxylation is 1. The Morgan fingerprint density at radius 3 is 2.51 bits per heavy atom. The summed E-state index contributed by atoms with van der Waals surface area (Å²) in [5.74, 6) is 2.00. The normalized spacial score (nSPS) is 17.2. The molecule has 3 aromatic rings. The van der Waals surface area contributed by atoms with Crippen molar-refractivity contribution in [3.8, 4) is 5.75 Å². The second-order valence-corrected chi connectivity index (χ2v) is 17.9. The number of amides is 1. The van der Waals surface area contributed by atoms with Crippen molar-refractivity contribution in [2.45, 2.75) is 82.6 Å². The minimum absolute atomic E-state index is 0.0842. The van der Waals surface area contributed by atoms with Crippen LogP contribution in [0.2, 0.25) is 5.02 Å². The fourth-order valence-electron chi connectivity index (χ4n) is 6.27. The molecule has 15 heteroatoms. The standard InChI is InChI=1S/C36H48ClN7O4S3/c1-22(2)48-31-18-27(26-11-14-43(15-12-26)36(45)50-21-33(49)44-16-13-38-25(6)20-44)24(5)17-30(31)41-35-39-19-28(37)34(42-35)40-29-9-7-8-10-32(29)51(46,47)23(3)4/h7-10,17-19,22-23,25-26,38H,11-16,20-21H2,1-6H3,(H2,39,40,41,42). The van der Waals surface area contributed by atoms with Gasteiger partial charge in [0.15, 0.2) is 15.7 Å². The van der Waals surface area contributed by atoms with Crippen molar-refractivity contribution in [3.05, 3.63) is 58.7 Å². The minimum Gasteiger partial charge on any atom is -0.489 e. The number of aromatic nitrogens is 2. The molecule has 2 aliphatic rings. The summed E-state index contributed by atoms with van der Waals surface area (Å²) in [4.78, 5) is 27.3. The predicted octanol–water partition coefficient (Wildman–Crippen LogP) is 7.55. The van der Waals surface area contributed by atoms with Crippen molar-refractivity contribution in [2.75, 3.05) is 49.1 Å². The molecule has 2 saturated heterocycles. The van der Waals surface area contributed by atoms with E-state index in [1.807, 2.05) is 24.8 Å². The Balaban J connectivity index is 1.27. The Labute approximate surface area is 316 Å². The highest BCUT2D eigenvalue weighted by atomic mass is 35.5. The monoisotopic (exact) mass is 773 g/mol. The molecule has 0 bridgehead atoms. The molecule has 5 rings (SSSR count). The third kappa shape index (κ3) is 9.83. The van der Waals surface area contributed by atoms with Crippen LogP contribution in [0.15, 0.2) is 47.5 Å². The zero-order valence-corrected chi connectivity index (χ0v) is 33.2. The molecule has 3 heterocycles. The number of ether oxygens (including phenoxy) is 1. The molecule has 51 heavy (non-hydrogen) atoms. The second-order valence-electron chi connectivity index (χ2n) is 13.6. The van der Waals surface area contributed by atoms with Crippen LogP contribution in [0.3, 0.4) is 0 Å². The summed E-state index contributed by atoms with van der Waals surface area (Å²) < 4.78 is 32.3. The SMILES string of the molecule is Cc1cc(Nc2ncc(Cl)c(Nc3ccccc3S(=O)(=O)C(C)C)n2)c(OC(C)C)cc1C1CCN(C(=O)SCC(=S)N2CCNC(C)C2)CC1. The van der Waals surface area contributed by atoms with E-state index in [1.165, 1.54) is 23.5 Å². The number of benzene rings is 2. The van der Waals surface area contributed by atoms with Gasteiger partial charge in [0, 0.05) is 38.8 Å². The van der Waals surface area contributed by atoms with Crippen molar-refractivity contribution >= 4 is 78.8 Å². The first kappa shape index (κ1) is 39.0. The molecule has 0 spiro atoms. The number of piperazine rings is 1. The van der Waals surface area contributed by atoms with Gasteiger partial charge in [-0.1, -0.05) is 47.7 Å². The zero-order chi connectivity index (χ0) is 36.9. The van der Waals surface area contributed by atoms with Crippen LogP contribution < -0.4 is 20.7 Å². The van der Waals surface area contributed by atoms with Gasteiger partial charge in [0.1, 0.15) is 10.8 Å². The predicted molar refractivity (Wildman–Crippen MR) is 212 cm³/mol. The van der Waals surface area contributed by atoms with Crippen LogP contribution in [0, 0.1) is 6.92 Å².